The summed E-state index contributed by atoms with van der Waals surface area (Å²) in [7, 11) is 0. The van der Waals surface area contributed by atoms with E-state index in [0.717, 1.165) is 48.4 Å². The van der Waals surface area contributed by atoms with Gasteiger partial charge in [0.1, 0.15) is 17.4 Å². The van der Waals surface area contributed by atoms with E-state index in [-0.39, 0.29) is 5.56 Å². The van der Waals surface area contributed by atoms with Crippen molar-refractivity contribution in [2.45, 2.75) is 6.61 Å². The number of halogens is 1. The monoisotopic (exact) mass is 515 g/mol. The smallest absolute Gasteiger partial charge is 0.335 e. The van der Waals surface area contributed by atoms with E-state index in [9.17, 15) is 4.79 Å². The summed E-state index contributed by atoms with van der Waals surface area (Å²) < 4.78 is 6.88. The number of hydrogen-bond acceptors (Lipinski definition) is 4. The molecule has 0 bridgehead atoms. The van der Waals surface area contributed by atoms with E-state index in [4.69, 9.17) is 14.8 Å². The first-order valence-electron chi connectivity index (χ1n) is 10.3. The average Bonchev–Trinajstić information content (AvgIpc) is 3.35. The van der Waals surface area contributed by atoms with Crippen molar-refractivity contribution in [1.29, 1.82) is 0 Å². The molecular weight excluding hydrogens is 498 g/mol. The van der Waals surface area contributed by atoms with Crippen molar-refractivity contribution in [3.05, 3.63) is 106 Å². The van der Waals surface area contributed by atoms with Crippen LogP contribution in [0.4, 0.5) is 0 Å². The number of ether oxygens (including phenoxy) is 1. The van der Waals surface area contributed by atoms with Crippen LogP contribution in [0.5, 0.6) is 5.75 Å². The highest BCUT2D eigenvalue weighted by Gasteiger charge is 2.11. The van der Waals surface area contributed by atoms with Gasteiger partial charge in [-0.05, 0) is 56.5 Å². The Kier molecular flexibility index (Phi) is 5.94. The van der Waals surface area contributed by atoms with Crippen LogP contribution < -0.4 is 4.74 Å². The predicted octanol–water partition coefficient (Wildman–Crippen LogP) is 7.67. The molecule has 1 N–H and O–H groups in total. The Bertz CT molecular complexity index is 1450. The van der Waals surface area contributed by atoms with Gasteiger partial charge in [0, 0.05) is 16.5 Å². The molecule has 1 heterocycles. The third kappa shape index (κ3) is 4.53. The summed E-state index contributed by atoms with van der Waals surface area (Å²) in [6.45, 7) is 0.350. The first kappa shape index (κ1) is 21.4. The second-order valence-electron chi connectivity index (χ2n) is 7.51. The Morgan fingerprint density at radius 3 is 2.48 bits per heavy atom. The van der Waals surface area contributed by atoms with Crippen molar-refractivity contribution in [2.75, 3.05) is 0 Å². The zero-order valence-corrected chi connectivity index (χ0v) is 19.8. The van der Waals surface area contributed by atoms with Crippen LogP contribution in [0.15, 0.2) is 94.8 Å². The molecule has 0 atom stereocenters. The van der Waals surface area contributed by atoms with E-state index in [1.165, 1.54) is 0 Å². The summed E-state index contributed by atoms with van der Waals surface area (Å²) in [5.74, 6) is -0.203. The molecule has 6 heteroatoms. The molecule has 0 unspecified atom stereocenters. The molecule has 33 heavy (non-hydrogen) atoms. The summed E-state index contributed by atoms with van der Waals surface area (Å²) >= 11 is 5.33. The average molecular weight is 516 g/mol. The number of thiazole rings is 1. The second kappa shape index (κ2) is 9.17. The van der Waals surface area contributed by atoms with Crippen LogP contribution in [0.2, 0.25) is 0 Å². The van der Waals surface area contributed by atoms with Gasteiger partial charge in [0.25, 0.3) is 0 Å². The zero-order chi connectivity index (χ0) is 22.8. The van der Waals surface area contributed by atoms with Crippen molar-refractivity contribution in [3.8, 4) is 27.6 Å². The van der Waals surface area contributed by atoms with Gasteiger partial charge >= 0.3 is 5.97 Å². The highest BCUT2D eigenvalue weighted by molar-refractivity contribution is 9.10. The van der Waals surface area contributed by atoms with Crippen LogP contribution in [0.25, 0.3) is 32.6 Å². The number of carbonyl (C=O) groups is 1. The zero-order valence-electron chi connectivity index (χ0n) is 17.4. The Morgan fingerprint density at radius 2 is 1.73 bits per heavy atom. The molecule has 5 aromatic rings. The topological polar surface area (TPSA) is 59.4 Å². The van der Waals surface area contributed by atoms with E-state index in [1.807, 2.05) is 30.3 Å². The number of aromatic carboxylic acids is 1. The van der Waals surface area contributed by atoms with Crippen LogP contribution in [-0.4, -0.2) is 16.1 Å². The number of carboxylic acid groups (broad SMARTS) is 1. The second-order valence-corrected chi connectivity index (χ2v) is 9.16. The van der Waals surface area contributed by atoms with Crippen molar-refractivity contribution in [3.63, 3.8) is 0 Å². The van der Waals surface area contributed by atoms with Gasteiger partial charge in [-0.3, -0.25) is 0 Å². The quantitative estimate of drug-likeness (QED) is 0.252. The van der Waals surface area contributed by atoms with E-state index >= 15 is 0 Å². The molecule has 0 radical (unpaired) electrons. The maximum Gasteiger partial charge on any atom is 0.335 e. The minimum atomic E-state index is -0.937. The lowest BCUT2D eigenvalue weighted by atomic mass is 10.1. The van der Waals surface area contributed by atoms with Gasteiger partial charge in [-0.15, -0.1) is 11.3 Å². The molecule has 1 aromatic heterocycles. The lowest BCUT2D eigenvalue weighted by Crippen LogP contribution is -1.99. The minimum absolute atomic E-state index is 0.262. The molecule has 0 spiro atoms. The van der Waals surface area contributed by atoms with Crippen LogP contribution in [0.3, 0.4) is 0 Å². The number of carboxylic acids is 1. The van der Waals surface area contributed by atoms with Gasteiger partial charge in [-0.2, -0.15) is 0 Å². The van der Waals surface area contributed by atoms with Crippen LogP contribution in [-0.2, 0) is 6.61 Å². The number of nitrogens with zero attached hydrogens (tertiary/aromatic N) is 1. The fourth-order valence-electron chi connectivity index (χ4n) is 3.57. The molecule has 0 aliphatic carbocycles. The molecule has 0 aliphatic heterocycles. The lowest BCUT2D eigenvalue weighted by Gasteiger charge is -2.11. The Balaban J connectivity index is 1.36. The summed E-state index contributed by atoms with van der Waals surface area (Å²) in [4.78, 5) is 15.8. The maximum absolute atomic E-state index is 11.0. The Hall–Kier alpha value is -3.48. The summed E-state index contributed by atoms with van der Waals surface area (Å²) in [6.07, 6.45) is 0. The normalized spacial score (nSPS) is 10.9. The molecule has 0 amide bonds. The van der Waals surface area contributed by atoms with Crippen LogP contribution >= 0.6 is 27.3 Å². The minimum Gasteiger partial charge on any atom is -0.488 e. The first-order chi connectivity index (χ1) is 16.1. The van der Waals surface area contributed by atoms with E-state index in [0.29, 0.717) is 6.61 Å². The highest BCUT2D eigenvalue weighted by Crippen LogP contribution is 2.36. The van der Waals surface area contributed by atoms with Crippen molar-refractivity contribution < 1.29 is 14.6 Å². The van der Waals surface area contributed by atoms with Crippen LogP contribution in [0.1, 0.15) is 15.9 Å². The lowest BCUT2D eigenvalue weighted by molar-refractivity contribution is 0.0697. The standard InChI is InChI=1S/C27H18BrNO3S/c28-25-22-12-10-21(23-16-33-26(29-23)18-4-2-1-3-5-18)14-20(22)11-13-24(25)32-15-17-6-8-19(9-7-17)27(30)31/h1-14,16H,15H2,(H,30,31). The molecule has 4 nitrogen and oxygen atoms in total. The molecule has 0 fully saturated rings. The van der Waals surface area contributed by atoms with Gasteiger partial charge < -0.3 is 9.84 Å². The Labute approximate surface area is 203 Å². The van der Waals surface area contributed by atoms with E-state index < -0.39 is 5.97 Å². The highest BCUT2D eigenvalue weighted by atomic mass is 79.9. The number of hydrogen-bond donors (Lipinski definition) is 1. The van der Waals surface area contributed by atoms with Crippen molar-refractivity contribution in [1.82, 2.24) is 4.98 Å². The summed E-state index contributed by atoms with van der Waals surface area (Å²) in [5.41, 5.74) is 4.32. The third-order valence-corrected chi connectivity index (χ3v) is 7.04. The number of aromatic nitrogens is 1. The Morgan fingerprint density at radius 1 is 0.939 bits per heavy atom. The summed E-state index contributed by atoms with van der Waals surface area (Å²) in [6, 6.07) is 27.2. The van der Waals surface area contributed by atoms with Crippen molar-refractivity contribution in [2.24, 2.45) is 0 Å². The maximum atomic E-state index is 11.0. The summed E-state index contributed by atoms with van der Waals surface area (Å²) in [5, 5.41) is 14.3. The first-order valence-corrected chi connectivity index (χ1v) is 11.9. The number of benzene rings is 4. The van der Waals surface area contributed by atoms with E-state index in [1.54, 1.807) is 35.6 Å². The van der Waals surface area contributed by atoms with Gasteiger partial charge in [-0.1, -0.05) is 60.7 Å². The van der Waals surface area contributed by atoms with Crippen molar-refractivity contribution >= 4 is 44.0 Å². The predicted molar refractivity (Wildman–Crippen MR) is 136 cm³/mol. The van der Waals surface area contributed by atoms with Crippen LogP contribution in [0, 0.1) is 0 Å². The molecule has 5 rings (SSSR count). The molecule has 4 aromatic carbocycles. The van der Waals surface area contributed by atoms with E-state index in [2.05, 4.69) is 51.6 Å². The third-order valence-electron chi connectivity index (χ3n) is 5.33. The molecule has 162 valence electrons. The largest absolute Gasteiger partial charge is 0.488 e. The SMILES string of the molecule is O=C(O)c1ccc(COc2ccc3cc(-c4csc(-c5ccccc5)n4)ccc3c2Br)cc1. The van der Waals surface area contributed by atoms with Gasteiger partial charge in [-0.25, -0.2) is 9.78 Å². The van der Waals surface area contributed by atoms with Gasteiger partial charge in [0.2, 0.25) is 0 Å². The number of fused-ring (bicyclic) bond motifs is 1. The van der Waals surface area contributed by atoms with Gasteiger partial charge in [0.15, 0.2) is 0 Å². The fourth-order valence-corrected chi connectivity index (χ4v) is 5.01. The molecular formula is C27H18BrNO3S. The molecule has 0 saturated heterocycles. The molecule has 0 aliphatic rings. The fraction of sp³-hybridized carbons (Fsp3) is 0.0370. The van der Waals surface area contributed by atoms with Gasteiger partial charge in [0.05, 0.1) is 15.7 Å². The number of rotatable bonds is 6. The molecule has 0 saturated carbocycles.